The number of ether oxygens (including phenoxy) is 1. The summed E-state index contributed by atoms with van der Waals surface area (Å²) < 4.78 is 40.6. The van der Waals surface area contributed by atoms with Crippen molar-refractivity contribution in [2.45, 2.75) is 33.1 Å². The number of benzene rings is 1. The van der Waals surface area contributed by atoms with Crippen LogP contribution in [0.25, 0.3) is 11.0 Å². The highest BCUT2D eigenvalue weighted by molar-refractivity contribution is 5.95. The van der Waals surface area contributed by atoms with E-state index in [2.05, 4.69) is 38.5 Å². The predicted octanol–water partition coefficient (Wildman–Crippen LogP) is 1.34. The minimum Gasteiger partial charge on any atom is -0.493 e. The minimum atomic E-state index is -5.08. The fourth-order valence-corrected chi connectivity index (χ4v) is 4.22. The van der Waals surface area contributed by atoms with Gasteiger partial charge in [-0.1, -0.05) is 5.92 Å². The Morgan fingerprint density at radius 2 is 1.93 bits per heavy atom. The molecule has 1 amide bonds. The van der Waals surface area contributed by atoms with Gasteiger partial charge >= 0.3 is 12.1 Å². The normalized spacial score (nSPS) is 12.8. The van der Waals surface area contributed by atoms with Gasteiger partial charge in [-0.25, -0.2) is 14.5 Å². The van der Waals surface area contributed by atoms with E-state index in [4.69, 9.17) is 19.6 Å². The molecule has 0 spiro atoms. The fraction of sp³-hybridized carbons (Fsp3) is 0.407. The molecule has 0 aliphatic carbocycles. The zero-order valence-corrected chi connectivity index (χ0v) is 23.6. The van der Waals surface area contributed by atoms with Crippen LogP contribution in [0.2, 0.25) is 0 Å². The smallest absolute Gasteiger partial charge is 0.490 e. The van der Waals surface area contributed by atoms with Crippen molar-refractivity contribution >= 4 is 28.9 Å². The van der Waals surface area contributed by atoms with Gasteiger partial charge in [-0.05, 0) is 26.0 Å². The van der Waals surface area contributed by atoms with Crippen LogP contribution < -0.4 is 25.8 Å². The van der Waals surface area contributed by atoms with E-state index in [9.17, 15) is 28.0 Å². The van der Waals surface area contributed by atoms with E-state index in [0.29, 0.717) is 47.0 Å². The van der Waals surface area contributed by atoms with Crippen molar-refractivity contribution in [2.75, 3.05) is 44.7 Å². The standard InChI is InChI=1S/C25H28N8O3.C2HF3O2/c1-4-6-9-32-22-20(30-25(32)31-10-7-28-8-11-31)15-29-33(24(22)35)16-19-18(14-26)12-17(23(34)27-3)13-21(19)36-5-2;3-2(4,5)1(6)7/h12-13,15,28H,5,7-11,16H2,1-3H3,(H,27,34);(H,6,7). The second kappa shape index (κ2) is 14.2. The van der Waals surface area contributed by atoms with E-state index in [1.165, 1.54) is 17.8 Å². The molecule has 1 aromatic carbocycles. The van der Waals surface area contributed by atoms with Crippen molar-refractivity contribution in [3.63, 3.8) is 0 Å². The highest BCUT2D eigenvalue weighted by atomic mass is 19.4. The van der Waals surface area contributed by atoms with Crippen LogP contribution in [0.1, 0.15) is 35.3 Å². The number of rotatable bonds is 7. The number of hydrogen-bond acceptors (Lipinski definition) is 9. The summed E-state index contributed by atoms with van der Waals surface area (Å²) in [6, 6.07) is 5.19. The number of anilines is 1. The fourth-order valence-electron chi connectivity index (χ4n) is 4.22. The van der Waals surface area contributed by atoms with Gasteiger partial charge in [0.2, 0.25) is 5.95 Å². The summed E-state index contributed by atoms with van der Waals surface area (Å²) in [7, 11) is 1.52. The molecule has 1 saturated heterocycles. The number of aliphatic carboxylic acids is 1. The molecule has 0 radical (unpaired) electrons. The maximum Gasteiger partial charge on any atom is 0.490 e. The zero-order chi connectivity index (χ0) is 31.7. The molecule has 4 rings (SSSR count). The Kier molecular flexibility index (Phi) is 10.7. The third-order valence-corrected chi connectivity index (χ3v) is 6.21. The Balaban J connectivity index is 0.000000646. The van der Waals surface area contributed by atoms with E-state index < -0.39 is 12.1 Å². The van der Waals surface area contributed by atoms with Gasteiger partial charge in [-0.2, -0.15) is 23.5 Å². The van der Waals surface area contributed by atoms with Crippen molar-refractivity contribution in [1.29, 1.82) is 5.26 Å². The largest absolute Gasteiger partial charge is 0.493 e. The summed E-state index contributed by atoms with van der Waals surface area (Å²) >= 11 is 0. The molecule has 3 heterocycles. The number of amides is 1. The van der Waals surface area contributed by atoms with Crippen LogP contribution >= 0.6 is 0 Å². The molecule has 0 unspecified atom stereocenters. The molecule has 1 aliphatic rings. The summed E-state index contributed by atoms with van der Waals surface area (Å²) in [4.78, 5) is 41.6. The number of halogens is 3. The van der Waals surface area contributed by atoms with Crippen molar-refractivity contribution in [3.8, 4) is 23.7 Å². The van der Waals surface area contributed by atoms with Gasteiger partial charge in [0, 0.05) is 44.4 Å². The summed E-state index contributed by atoms with van der Waals surface area (Å²) in [5.74, 6) is 3.89. The Bertz CT molecular complexity index is 1660. The van der Waals surface area contributed by atoms with Gasteiger partial charge in [-0.3, -0.25) is 14.2 Å². The Morgan fingerprint density at radius 1 is 1.26 bits per heavy atom. The molecule has 0 saturated carbocycles. The lowest BCUT2D eigenvalue weighted by atomic mass is 10.0. The number of aromatic nitrogens is 4. The number of carboxylic acid groups (broad SMARTS) is 1. The van der Waals surface area contributed by atoms with Crippen molar-refractivity contribution in [2.24, 2.45) is 0 Å². The molecule has 1 aliphatic heterocycles. The van der Waals surface area contributed by atoms with Gasteiger partial charge in [0.1, 0.15) is 16.8 Å². The number of hydrogen-bond donors (Lipinski definition) is 3. The van der Waals surface area contributed by atoms with Crippen LogP contribution in [0.15, 0.2) is 23.1 Å². The molecular formula is C27H29F3N8O5. The number of alkyl halides is 3. The number of carbonyl (C=O) groups excluding carboxylic acids is 1. The van der Waals surface area contributed by atoms with Crippen LogP contribution in [0.4, 0.5) is 19.1 Å². The number of fused-ring (bicyclic) bond motifs is 1. The molecule has 0 atom stereocenters. The minimum absolute atomic E-state index is 0.00533. The predicted molar refractivity (Wildman–Crippen MR) is 149 cm³/mol. The van der Waals surface area contributed by atoms with Crippen LogP contribution in [-0.4, -0.2) is 82.3 Å². The lowest BCUT2D eigenvalue weighted by Crippen LogP contribution is -2.44. The van der Waals surface area contributed by atoms with E-state index in [-0.39, 0.29) is 23.6 Å². The first kappa shape index (κ1) is 32.4. The quantitative estimate of drug-likeness (QED) is 0.336. The number of carbonyl (C=O) groups is 2. The number of nitriles is 1. The molecule has 228 valence electrons. The van der Waals surface area contributed by atoms with Gasteiger partial charge in [0.15, 0.2) is 0 Å². The average Bonchev–Trinajstić information content (AvgIpc) is 3.37. The van der Waals surface area contributed by atoms with Gasteiger partial charge in [0.05, 0.1) is 37.5 Å². The van der Waals surface area contributed by atoms with Crippen molar-refractivity contribution in [1.82, 2.24) is 30.0 Å². The topological polar surface area (TPSA) is 167 Å². The lowest BCUT2D eigenvalue weighted by Gasteiger charge is -2.28. The van der Waals surface area contributed by atoms with Crippen LogP contribution in [-0.2, 0) is 17.9 Å². The third kappa shape index (κ3) is 7.60. The van der Waals surface area contributed by atoms with Crippen molar-refractivity contribution in [3.05, 3.63) is 45.4 Å². The van der Waals surface area contributed by atoms with Crippen molar-refractivity contribution < 1.29 is 32.6 Å². The second-order valence-corrected chi connectivity index (χ2v) is 8.93. The molecule has 0 bridgehead atoms. The zero-order valence-electron chi connectivity index (χ0n) is 23.6. The molecule has 13 nitrogen and oxygen atoms in total. The first-order valence-electron chi connectivity index (χ1n) is 13.0. The molecule has 3 aromatic rings. The highest BCUT2D eigenvalue weighted by Gasteiger charge is 2.38. The van der Waals surface area contributed by atoms with Gasteiger partial charge < -0.3 is 25.4 Å². The summed E-state index contributed by atoms with van der Waals surface area (Å²) in [5.41, 5.74) is 1.56. The SMILES string of the molecule is CC#CCn1c(N2CCNCC2)nc2cnn(Cc3c(C#N)cc(C(=O)NC)cc3OCC)c(=O)c21.O=C(O)C(F)(F)F. The maximum absolute atomic E-state index is 13.7. The Hall–Kier alpha value is -5.09. The van der Waals surface area contributed by atoms with Gasteiger partial charge in [-0.15, -0.1) is 5.92 Å². The number of carboxylic acids is 1. The lowest BCUT2D eigenvalue weighted by molar-refractivity contribution is -0.192. The molecule has 3 N–H and O–H groups in total. The Labute approximate surface area is 243 Å². The molecule has 43 heavy (non-hydrogen) atoms. The van der Waals surface area contributed by atoms with Crippen LogP contribution in [0, 0.1) is 23.2 Å². The average molecular weight is 603 g/mol. The van der Waals surface area contributed by atoms with E-state index in [0.717, 1.165) is 26.2 Å². The van der Waals surface area contributed by atoms with Gasteiger partial charge in [0.25, 0.3) is 11.5 Å². The first-order chi connectivity index (χ1) is 20.5. The number of nitrogens with one attached hydrogen (secondary N) is 2. The van der Waals surface area contributed by atoms with E-state index in [1.807, 2.05) is 11.5 Å². The molecule has 16 heteroatoms. The Morgan fingerprint density at radius 3 is 2.49 bits per heavy atom. The number of nitrogens with zero attached hydrogens (tertiary/aromatic N) is 6. The first-order valence-corrected chi connectivity index (χ1v) is 13.0. The summed E-state index contributed by atoms with van der Waals surface area (Å²) in [6.45, 7) is 7.40. The highest BCUT2D eigenvalue weighted by Crippen LogP contribution is 2.26. The van der Waals surface area contributed by atoms with Crippen LogP contribution in [0.3, 0.4) is 0 Å². The van der Waals surface area contributed by atoms with Crippen LogP contribution in [0.5, 0.6) is 5.75 Å². The van der Waals surface area contributed by atoms with E-state index >= 15 is 0 Å². The monoisotopic (exact) mass is 602 g/mol. The summed E-state index contributed by atoms with van der Waals surface area (Å²) in [6.07, 6.45) is -3.52. The molecule has 1 fully saturated rings. The second-order valence-electron chi connectivity index (χ2n) is 8.93. The number of piperazine rings is 1. The molecular weight excluding hydrogens is 573 g/mol. The number of imidazole rings is 1. The van der Waals surface area contributed by atoms with E-state index in [1.54, 1.807) is 19.2 Å². The summed E-state index contributed by atoms with van der Waals surface area (Å²) in [5, 5.41) is 27.2. The maximum atomic E-state index is 13.7. The molecule has 2 aromatic heterocycles. The third-order valence-electron chi connectivity index (χ3n) is 6.21.